The van der Waals surface area contributed by atoms with Crippen LogP contribution in [0.1, 0.15) is 37.5 Å². The second-order valence-corrected chi connectivity index (χ2v) is 8.00. The lowest BCUT2D eigenvalue weighted by Crippen LogP contribution is -2.61. The largest absolute Gasteiger partial charge is 0.325 e. The molecule has 8 heteroatoms. The molecule has 0 N–H and O–H groups in total. The maximum absolute atomic E-state index is 14.5. The van der Waals surface area contributed by atoms with Gasteiger partial charge in [0.25, 0.3) is 11.8 Å². The van der Waals surface area contributed by atoms with Gasteiger partial charge < -0.3 is 4.90 Å². The van der Waals surface area contributed by atoms with Gasteiger partial charge >= 0.3 is 0 Å². The first-order valence-electron chi connectivity index (χ1n) is 9.80. The van der Waals surface area contributed by atoms with Crippen LogP contribution in [0, 0.1) is 23.1 Å². The normalized spacial score (nSPS) is 17.3. The van der Waals surface area contributed by atoms with Crippen molar-refractivity contribution in [2.75, 3.05) is 11.4 Å². The number of nitriles is 1. The second kappa shape index (κ2) is 8.42. The number of rotatable bonds is 5. The highest BCUT2D eigenvalue weighted by molar-refractivity contribution is 6.06. The van der Waals surface area contributed by atoms with Crippen LogP contribution in [0.2, 0.25) is 0 Å². The van der Waals surface area contributed by atoms with E-state index in [4.69, 9.17) is 5.26 Å². The van der Waals surface area contributed by atoms with Crippen LogP contribution in [0.25, 0.3) is 0 Å². The number of hydrogen-bond acceptors (Lipinski definition) is 3. The van der Waals surface area contributed by atoms with Crippen molar-refractivity contribution in [3.8, 4) is 6.07 Å². The average molecular weight is 429 g/mol. The summed E-state index contributed by atoms with van der Waals surface area (Å²) in [4.78, 5) is 28.7. The van der Waals surface area contributed by atoms with Crippen LogP contribution in [0.3, 0.4) is 0 Å². The molecular formula is C23H22F3N3O2. The SMILES string of the molecule is CC(C)[C@@H]1C(=O)N(c2ccc(C#N)cc2F)CC(=O)N1Cc1ccc(C(C)(F)F)cc1. The van der Waals surface area contributed by atoms with Crippen molar-refractivity contribution in [2.45, 2.75) is 39.3 Å². The molecule has 0 radical (unpaired) electrons. The number of alkyl halides is 2. The summed E-state index contributed by atoms with van der Waals surface area (Å²) in [5.41, 5.74) is 0.523. The quantitative estimate of drug-likeness (QED) is 0.715. The van der Waals surface area contributed by atoms with Crippen molar-refractivity contribution in [1.29, 1.82) is 5.26 Å². The number of nitrogens with zero attached hydrogens (tertiary/aromatic N) is 3. The van der Waals surface area contributed by atoms with Crippen LogP contribution < -0.4 is 4.90 Å². The lowest BCUT2D eigenvalue weighted by Gasteiger charge is -2.42. The van der Waals surface area contributed by atoms with Gasteiger partial charge in [0.15, 0.2) is 0 Å². The predicted octanol–water partition coefficient (Wildman–Crippen LogP) is 4.21. The van der Waals surface area contributed by atoms with E-state index in [9.17, 15) is 22.8 Å². The van der Waals surface area contributed by atoms with E-state index in [1.165, 1.54) is 41.3 Å². The topological polar surface area (TPSA) is 64.4 Å². The molecule has 0 spiro atoms. The Morgan fingerprint density at radius 2 is 1.81 bits per heavy atom. The van der Waals surface area contributed by atoms with Crippen molar-refractivity contribution in [3.63, 3.8) is 0 Å². The average Bonchev–Trinajstić information content (AvgIpc) is 2.70. The number of amides is 2. The number of carbonyl (C=O) groups excluding carboxylic acids is 2. The number of piperazine rings is 1. The van der Waals surface area contributed by atoms with E-state index in [0.717, 1.165) is 17.9 Å². The maximum atomic E-state index is 14.5. The minimum Gasteiger partial charge on any atom is -0.325 e. The Morgan fingerprint density at radius 3 is 2.32 bits per heavy atom. The number of benzene rings is 2. The van der Waals surface area contributed by atoms with E-state index >= 15 is 0 Å². The van der Waals surface area contributed by atoms with Crippen LogP contribution in [0.5, 0.6) is 0 Å². The van der Waals surface area contributed by atoms with E-state index in [1.807, 2.05) is 6.07 Å². The Bertz CT molecular complexity index is 1040. The van der Waals surface area contributed by atoms with Gasteiger partial charge in [0.2, 0.25) is 5.91 Å². The standard InChI is InChI=1S/C23H22F3N3O2/c1-14(2)21-22(31)28(19-9-6-16(11-27)10-18(19)24)13-20(30)29(21)12-15-4-7-17(8-5-15)23(3,25)26/h4-10,14,21H,12-13H2,1-3H3/t21-/m1/s1. The zero-order valence-corrected chi connectivity index (χ0v) is 17.4. The molecule has 1 aliphatic heterocycles. The summed E-state index contributed by atoms with van der Waals surface area (Å²) in [5, 5.41) is 8.91. The fourth-order valence-electron chi connectivity index (χ4n) is 3.68. The molecule has 5 nitrogen and oxygen atoms in total. The lowest BCUT2D eigenvalue weighted by atomic mass is 9.96. The van der Waals surface area contributed by atoms with E-state index in [-0.39, 0.29) is 41.7 Å². The summed E-state index contributed by atoms with van der Waals surface area (Å²) in [5.74, 6) is -4.81. The van der Waals surface area contributed by atoms with Crippen molar-refractivity contribution < 1.29 is 22.8 Å². The molecule has 1 fully saturated rings. The van der Waals surface area contributed by atoms with Gasteiger partial charge in [-0.1, -0.05) is 38.1 Å². The zero-order valence-electron chi connectivity index (χ0n) is 17.4. The highest BCUT2D eigenvalue weighted by atomic mass is 19.3. The molecule has 1 saturated heterocycles. The Hall–Kier alpha value is -3.34. The molecule has 0 aromatic heterocycles. The monoisotopic (exact) mass is 429 g/mol. The number of anilines is 1. The third-order valence-corrected chi connectivity index (χ3v) is 5.28. The third kappa shape index (κ3) is 4.55. The van der Waals surface area contributed by atoms with Gasteiger partial charge in [0, 0.05) is 19.0 Å². The Morgan fingerprint density at radius 1 is 1.16 bits per heavy atom. The van der Waals surface area contributed by atoms with Crippen molar-refractivity contribution in [3.05, 3.63) is 65.0 Å². The molecule has 1 heterocycles. The van der Waals surface area contributed by atoms with Crippen LogP contribution in [-0.2, 0) is 22.1 Å². The van der Waals surface area contributed by atoms with Crippen LogP contribution in [-0.4, -0.2) is 29.3 Å². The predicted molar refractivity (Wildman–Crippen MR) is 109 cm³/mol. The molecular weight excluding hydrogens is 407 g/mol. The molecule has 2 aromatic rings. The minimum atomic E-state index is -2.97. The first-order valence-corrected chi connectivity index (χ1v) is 9.80. The first kappa shape index (κ1) is 22.3. The molecule has 0 unspecified atom stereocenters. The highest BCUT2D eigenvalue weighted by Gasteiger charge is 2.42. The smallest absolute Gasteiger partial charge is 0.270 e. The number of halogens is 3. The molecule has 2 aromatic carbocycles. The van der Waals surface area contributed by atoms with Crippen molar-refractivity contribution in [1.82, 2.24) is 4.90 Å². The van der Waals surface area contributed by atoms with E-state index in [0.29, 0.717) is 5.56 Å². The van der Waals surface area contributed by atoms with Gasteiger partial charge in [-0.05, 0) is 29.7 Å². The summed E-state index contributed by atoms with van der Waals surface area (Å²) in [6, 6.07) is 10.3. The second-order valence-electron chi connectivity index (χ2n) is 8.00. The molecule has 31 heavy (non-hydrogen) atoms. The highest BCUT2D eigenvalue weighted by Crippen LogP contribution is 2.30. The minimum absolute atomic E-state index is 0.0582. The fraction of sp³-hybridized carbons (Fsp3) is 0.348. The first-order chi connectivity index (χ1) is 14.5. The van der Waals surface area contributed by atoms with E-state index in [1.54, 1.807) is 13.8 Å². The molecule has 162 valence electrons. The summed E-state index contributed by atoms with van der Waals surface area (Å²) in [6.07, 6.45) is 0. The number of carbonyl (C=O) groups is 2. The summed E-state index contributed by atoms with van der Waals surface area (Å²) < 4.78 is 41.4. The third-order valence-electron chi connectivity index (χ3n) is 5.28. The fourth-order valence-corrected chi connectivity index (χ4v) is 3.68. The molecule has 1 aliphatic rings. The Labute approximate surface area is 178 Å². The van der Waals surface area contributed by atoms with Crippen LogP contribution in [0.4, 0.5) is 18.9 Å². The van der Waals surface area contributed by atoms with Gasteiger partial charge in [0.05, 0.1) is 17.3 Å². The van der Waals surface area contributed by atoms with Gasteiger partial charge in [-0.25, -0.2) is 13.2 Å². The van der Waals surface area contributed by atoms with Gasteiger partial charge in [-0.3, -0.25) is 14.5 Å². The maximum Gasteiger partial charge on any atom is 0.270 e. The van der Waals surface area contributed by atoms with Gasteiger partial charge in [0.1, 0.15) is 18.4 Å². The molecule has 0 aliphatic carbocycles. The van der Waals surface area contributed by atoms with Gasteiger partial charge in [-0.2, -0.15) is 5.26 Å². The summed E-state index contributed by atoms with van der Waals surface area (Å²) in [6.45, 7) is 4.09. The van der Waals surface area contributed by atoms with Crippen LogP contribution >= 0.6 is 0 Å². The summed E-state index contributed by atoms with van der Waals surface area (Å²) >= 11 is 0. The van der Waals surface area contributed by atoms with Gasteiger partial charge in [-0.15, -0.1) is 0 Å². The zero-order chi connectivity index (χ0) is 22.9. The van der Waals surface area contributed by atoms with Crippen molar-refractivity contribution in [2.24, 2.45) is 5.92 Å². The number of hydrogen-bond donors (Lipinski definition) is 0. The van der Waals surface area contributed by atoms with E-state index in [2.05, 4.69) is 0 Å². The molecule has 3 rings (SSSR count). The Kier molecular flexibility index (Phi) is 6.07. The Balaban J connectivity index is 1.88. The molecule has 1 atom stereocenters. The van der Waals surface area contributed by atoms with E-state index < -0.39 is 23.7 Å². The van der Waals surface area contributed by atoms with Crippen LogP contribution in [0.15, 0.2) is 42.5 Å². The molecule has 0 bridgehead atoms. The molecule has 2 amide bonds. The van der Waals surface area contributed by atoms with Crippen molar-refractivity contribution >= 4 is 17.5 Å². The summed E-state index contributed by atoms with van der Waals surface area (Å²) in [7, 11) is 0. The lowest BCUT2D eigenvalue weighted by molar-refractivity contribution is -0.145. The molecule has 0 saturated carbocycles.